The zero-order valence-electron chi connectivity index (χ0n) is 21.1. The molecule has 0 aliphatic rings. The fourth-order valence-corrected chi connectivity index (χ4v) is 7.53. The van der Waals surface area contributed by atoms with E-state index in [1.54, 1.807) is 17.8 Å². The van der Waals surface area contributed by atoms with Crippen LogP contribution >= 0.6 is 23.5 Å². The topological polar surface area (TPSA) is 86.2 Å². The van der Waals surface area contributed by atoms with Crippen molar-refractivity contribution in [3.05, 3.63) is 102 Å². The van der Waals surface area contributed by atoms with Crippen LogP contribution in [0.15, 0.2) is 89.3 Å². The number of primary amides is 1. The van der Waals surface area contributed by atoms with Crippen molar-refractivity contribution < 1.29 is 14.0 Å². The molecule has 3 aromatic carbocycles. The Kier molecular flexibility index (Phi) is 9.11. The van der Waals surface area contributed by atoms with Crippen molar-refractivity contribution in [2.45, 2.75) is 48.2 Å². The van der Waals surface area contributed by atoms with Gasteiger partial charge in [-0.2, -0.15) is 0 Å². The lowest BCUT2D eigenvalue weighted by Gasteiger charge is -2.40. The molecule has 0 radical (unpaired) electrons. The minimum Gasteiger partial charge on any atom is -0.434 e. The molecule has 1 amide bonds. The van der Waals surface area contributed by atoms with Crippen molar-refractivity contribution in [3.63, 3.8) is 0 Å². The molecule has 4 aromatic rings. The van der Waals surface area contributed by atoms with Gasteiger partial charge in [-0.05, 0) is 36.6 Å². The number of hydrogen-bond acceptors (Lipinski definition) is 6. The number of ketones is 1. The van der Waals surface area contributed by atoms with E-state index in [2.05, 4.69) is 17.1 Å². The molecular formula is C30H32N2O3S2. The SMILES string of the molecule is CCCC(C(=O)c1nc2ccccc2o1)C(C)(SCc1ccccc1)C(SCc1ccccc1)C(N)=O. The Balaban J connectivity index is 1.71. The number of nitrogens with two attached hydrogens (primary N) is 1. The first-order chi connectivity index (χ1) is 17.9. The zero-order valence-corrected chi connectivity index (χ0v) is 22.8. The van der Waals surface area contributed by atoms with E-state index in [-0.39, 0.29) is 11.7 Å². The fraction of sp³-hybridized carbons (Fsp3) is 0.300. The van der Waals surface area contributed by atoms with E-state index in [0.29, 0.717) is 29.0 Å². The highest BCUT2D eigenvalue weighted by molar-refractivity contribution is 8.04. The monoisotopic (exact) mass is 532 g/mol. The molecule has 0 bridgehead atoms. The first-order valence-electron chi connectivity index (χ1n) is 12.4. The number of nitrogens with zero attached hydrogens (tertiary/aromatic N) is 1. The largest absolute Gasteiger partial charge is 0.434 e. The predicted molar refractivity (Wildman–Crippen MR) is 154 cm³/mol. The summed E-state index contributed by atoms with van der Waals surface area (Å²) in [6, 6.07) is 27.4. The van der Waals surface area contributed by atoms with Gasteiger partial charge >= 0.3 is 0 Å². The highest BCUT2D eigenvalue weighted by atomic mass is 32.2. The molecule has 5 nitrogen and oxygen atoms in total. The highest BCUT2D eigenvalue weighted by Gasteiger charge is 2.49. The van der Waals surface area contributed by atoms with Crippen molar-refractivity contribution in [3.8, 4) is 0 Å². The third-order valence-electron chi connectivity index (χ3n) is 6.52. The number of thioether (sulfide) groups is 2. The molecule has 192 valence electrons. The number of oxazole rings is 1. The van der Waals surface area contributed by atoms with E-state index >= 15 is 0 Å². The van der Waals surface area contributed by atoms with Gasteiger partial charge in [0.1, 0.15) is 5.52 Å². The van der Waals surface area contributed by atoms with E-state index in [0.717, 1.165) is 17.5 Å². The van der Waals surface area contributed by atoms with Crippen LogP contribution in [0.5, 0.6) is 0 Å². The van der Waals surface area contributed by atoms with Crippen molar-refractivity contribution in [1.82, 2.24) is 4.98 Å². The summed E-state index contributed by atoms with van der Waals surface area (Å²) in [5.41, 5.74) is 9.51. The van der Waals surface area contributed by atoms with Gasteiger partial charge in [0.2, 0.25) is 11.7 Å². The fourth-order valence-electron chi connectivity index (χ4n) is 4.55. The average molecular weight is 533 g/mol. The molecule has 0 spiro atoms. The number of fused-ring (bicyclic) bond motifs is 1. The molecule has 3 unspecified atom stereocenters. The molecule has 0 aliphatic carbocycles. The molecule has 1 aromatic heterocycles. The van der Waals surface area contributed by atoms with Gasteiger partial charge in [0, 0.05) is 22.2 Å². The quantitative estimate of drug-likeness (QED) is 0.188. The first-order valence-corrected chi connectivity index (χ1v) is 14.5. The summed E-state index contributed by atoms with van der Waals surface area (Å²) in [5, 5.41) is -0.605. The first kappa shape index (κ1) is 27.0. The maximum Gasteiger partial charge on any atom is 0.264 e. The summed E-state index contributed by atoms with van der Waals surface area (Å²) < 4.78 is 5.09. The highest BCUT2D eigenvalue weighted by Crippen LogP contribution is 2.47. The number of aromatic nitrogens is 1. The summed E-state index contributed by atoms with van der Waals surface area (Å²) in [6.07, 6.45) is 1.36. The van der Waals surface area contributed by atoms with Crippen molar-refractivity contribution in [1.29, 1.82) is 0 Å². The molecule has 3 atom stereocenters. The van der Waals surface area contributed by atoms with Gasteiger partial charge in [0.05, 0.1) is 5.25 Å². The van der Waals surface area contributed by atoms with Crippen LogP contribution in [-0.2, 0) is 16.3 Å². The molecule has 37 heavy (non-hydrogen) atoms. The number of Topliss-reactive ketones (excluding diaryl/α,β-unsaturated/α-hetero) is 1. The van der Waals surface area contributed by atoms with Crippen LogP contribution in [0.1, 0.15) is 48.5 Å². The number of carbonyl (C=O) groups is 2. The summed E-state index contributed by atoms with van der Waals surface area (Å²) in [4.78, 5) is 31.6. The van der Waals surface area contributed by atoms with Crippen LogP contribution in [0.4, 0.5) is 0 Å². The van der Waals surface area contributed by atoms with Crippen LogP contribution in [0.2, 0.25) is 0 Å². The normalized spacial score (nSPS) is 14.6. The number of rotatable bonds is 13. The van der Waals surface area contributed by atoms with Gasteiger partial charge in [-0.15, -0.1) is 23.5 Å². The Labute approximate surface area is 226 Å². The third kappa shape index (κ3) is 6.46. The lowest BCUT2D eigenvalue weighted by molar-refractivity contribution is -0.118. The van der Waals surface area contributed by atoms with Gasteiger partial charge in [-0.3, -0.25) is 9.59 Å². The molecule has 4 rings (SSSR count). The Bertz CT molecular complexity index is 1290. The summed E-state index contributed by atoms with van der Waals surface area (Å²) in [6.45, 7) is 4.06. The van der Waals surface area contributed by atoms with Crippen LogP contribution in [0, 0.1) is 5.92 Å². The molecule has 2 N–H and O–H groups in total. The Hall–Kier alpha value is -3.03. The molecule has 0 saturated heterocycles. The van der Waals surface area contributed by atoms with Gasteiger partial charge in [0.25, 0.3) is 5.89 Å². The second-order valence-corrected chi connectivity index (χ2v) is 11.8. The van der Waals surface area contributed by atoms with Crippen LogP contribution in [0.3, 0.4) is 0 Å². The number of benzene rings is 3. The number of carbonyl (C=O) groups excluding carboxylic acids is 2. The van der Waals surface area contributed by atoms with Crippen LogP contribution < -0.4 is 5.73 Å². The summed E-state index contributed by atoms with van der Waals surface area (Å²) in [7, 11) is 0. The van der Waals surface area contributed by atoms with Gasteiger partial charge in [-0.25, -0.2) is 4.98 Å². The summed E-state index contributed by atoms with van der Waals surface area (Å²) in [5.74, 6) is 0.227. The van der Waals surface area contributed by atoms with Crippen molar-refractivity contribution in [2.24, 2.45) is 11.7 Å². The molecule has 0 aliphatic heterocycles. The predicted octanol–water partition coefficient (Wildman–Crippen LogP) is 6.91. The smallest absolute Gasteiger partial charge is 0.264 e. The average Bonchev–Trinajstić information content (AvgIpc) is 3.36. The Morgan fingerprint density at radius 3 is 2.11 bits per heavy atom. The van der Waals surface area contributed by atoms with E-state index in [9.17, 15) is 9.59 Å². The standard InChI is InChI=1S/C30H32N2O3S2/c1-3-12-23(26(33)29-32-24-17-10-11-18-25(24)35-29)30(2,37-20-22-15-8-5-9-16-22)27(28(31)34)36-19-21-13-6-4-7-14-21/h4-11,13-18,23,27H,3,12,19-20H2,1-2H3,(H2,31,34). The van der Waals surface area contributed by atoms with Gasteiger partial charge < -0.3 is 10.2 Å². The zero-order chi connectivity index (χ0) is 26.3. The number of amides is 1. The lowest BCUT2D eigenvalue weighted by atomic mass is 9.82. The van der Waals surface area contributed by atoms with Crippen LogP contribution in [0.25, 0.3) is 11.1 Å². The van der Waals surface area contributed by atoms with E-state index < -0.39 is 21.8 Å². The molecule has 0 saturated carbocycles. The maximum atomic E-state index is 14.0. The molecule has 1 heterocycles. The van der Waals surface area contributed by atoms with Crippen molar-refractivity contribution in [2.75, 3.05) is 0 Å². The minimum absolute atomic E-state index is 0.0856. The van der Waals surface area contributed by atoms with Gasteiger partial charge in [-0.1, -0.05) is 86.1 Å². The molecular weight excluding hydrogens is 500 g/mol. The second kappa shape index (κ2) is 12.5. The van der Waals surface area contributed by atoms with E-state index in [1.165, 1.54) is 11.8 Å². The lowest BCUT2D eigenvalue weighted by Crippen LogP contribution is -2.51. The molecule has 0 fully saturated rings. The van der Waals surface area contributed by atoms with Crippen LogP contribution in [-0.4, -0.2) is 26.7 Å². The molecule has 7 heteroatoms. The number of para-hydroxylation sites is 2. The Morgan fingerprint density at radius 1 is 0.919 bits per heavy atom. The third-order valence-corrected chi connectivity index (χ3v) is 9.85. The van der Waals surface area contributed by atoms with Crippen molar-refractivity contribution >= 4 is 46.3 Å². The minimum atomic E-state index is -0.797. The second-order valence-electron chi connectivity index (χ2n) is 9.23. The maximum absolute atomic E-state index is 14.0. The van der Waals surface area contributed by atoms with E-state index in [4.69, 9.17) is 10.2 Å². The van der Waals surface area contributed by atoms with E-state index in [1.807, 2.05) is 80.6 Å². The Morgan fingerprint density at radius 2 is 1.51 bits per heavy atom. The number of hydrogen-bond donors (Lipinski definition) is 1. The van der Waals surface area contributed by atoms with Gasteiger partial charge in [0.15, 0.2) is 5.58 Å². The summed E-state index contributed by atoms with van der Waals surface area (Å²) >= 11 is 3.11.